The molecule has 72 valence electrons. The summed E-state index contributed by atoms with van der Waals surface area (Å²) in [5.41, 5.74) is 5.57. The van der Waals surface area contributed by atoms with Crippen LogP contribution in [0.15, 0.2) is 17.0 Å². The monoisotopic (exact) mass is 183 g/mol. The van der Waals surface area contributed by atoms with Gasteiger partial charge in [-0.1, -0.05) is 13.3 Å². The second kappa shape index (κ2) is 4.61. The van der Waals surface area contributed by atoms with Gasteiger partial charge < -0.3 is 10.2 Å². The van der Waals surface area contributed by atoms with Gasteiger partial charge >= 0.3 is 0 Å². The third kappa shape index (κ3) is 2.87. The number of nitrogens with one attached hydrogen (secondary N) is 1. The second-order valence-electron chi connectivity index (χ2n) is 2.75. The molecule has 1 aromatic rings. The lowest BCUT2D eigenvalue weighted by molar-refractivity contribution is -0.117. The van der Waals surface area contributed by atoms with Crippen molar-refractivity contribution >= 4 is 11.8 Å². The van der Waals surface area contributed by atoms with Gasteiger partial charge in [0.1, 0.15) is 0 Å². The Balaban J connectivity index is 2.41. The maximum absolute atomic E-state index is 11.3. The lowest BCUT2D eigenvalue weighted by Crippen LogP contribution is -2.35. The quantitative estimate of drug-likeness (QED) is 0.721. The first-order valence-electron chi connectivity index (χ1n) is 4.19. The third-order valence-electron chi connectivity index (χ3n) is 1.62. The fourth-order valence-electron chi connectivity index (χ4n) is 0.934. The van der Waals surface area contributed by atoms with Crippen molar-refractivity contribution in [3.05, 3.63) is 12.6 Å². The molecule has 5 heteroatoms. The smallest absolute Gasteiger partial charge is 0.243 e. The molecule has 0 saturated carbocycles. The van der Waals surface area contributed by atoms with Gasteiger partial charge in [0.15, 0.2) is 6.39 Å². The summed E-state index contributed by atoms with van der Waals surface area (Å²) in [6.45, 7) is 1.97. The Hall–Kier alpha value is -1.36. The van der Waals surface area contributed by atoms with Crippen molar-refractivity contribution in [3.8, 4) is 0 Å². The van der Waals surface area contributed by atoms with E-state index in [1.807, 2.05) is 6.92 Å². The van der Waals surface area contributed by atoms with Crippen LogP contribution in [0.3, 0.4) is 0 Å². The first-order valence-corrected chi connectivity index (χ1v) is 4.19. The molecule has 5 nitrogen and oxygen atoms in total. The molecule has 0 aliphatic carbocycles. The van der Waals surface area contributed by atoms with E-state index in [-0.39, 0.29) is 5.91 Å². The zero-order valence-corrected chi connectivity index (χ0v) is 7.49. The maximum Gasteiger partial charge on any atom is 0.243 e. The van der Waals surface area contributed by atoms with Gasteiger partial charge in [0.05, 0.1) is 12.2 Å². The molecule has 1 atom stereocenters. The van der Waals surface area contributed by atoms with Crippen molar-refractivity contribution < 1.29 is 9.21 Å². The van der Waals surface area contributed by atoms with Crippen LogP contribution in [-0.2, 0) is 4.79 Å². The SMILES string of the molecule is CCCC(N)C(=O)Nc1cnco1. The van der Waals surface area contributed by atoms with Crippen LogP contribution < -0.4 is 11.1 Å². The van der Waals surface area contributed by atoms with Gasteiger partial charge in [0, 0.05) is 0 Å². The fourth-order valence-corrected chi connectivity index (χ4v) is 0.934. The molecule has 3 N–H and O–H groups in total. The molecule has 0 aromatic carbocycles. The van der Waals surface area contributed by atoms with Gasteiger partial charge in [0.25, 0.3) is 0 Å². The molecule has 1 heterocycles. The van der Waals surface area contributed by atoms with Crippen molar-refractivity contribution in [1.82, 2.24) is 4.98 Å². The highest BCUT2D eigenvalue weighted by Gasteiger charge is 2.13. The molecule has 0 aliphatic heterocycles. The van der Waals surface area contributed by atoms with E-state index in [0.717, 1.165) is 6.42 Å². The van der Waals surface area contributed by atoms with E-state index in [4.69, 9.17) is 10.2 Å². The Kier molecular flexibility index (Phi) is 3.45. The Labute approximate surface area is 76.3 Å². The van der Waals surface area contributed by atoms with Crippen LogP contribution in [0.4, 0.5) is 5.88 Å². The van der Waals surface area contributed by atoms with Crippen LogP contribution in [0.25, 0.3) is 0 Å². The van der Waals surface area contributed by atoms with Crippen LogP contribution in [0.1, 0.15) is 19.8 Å². The number of anilines is 1. The minimum atomic E-state index is -0.477. The molecular weight excluding hydrogens is 170 g/mol. The molecular formula is C8H13N3O2. The minimum absolute atomic E-state index is 0.237. The van der Waals surface area contributed by atoms with Crippen LogP contribution >= 0.6 is 0 Å². The average Bonchev–Trinajstić information content (AvgIpc) is 2.57. The first-order chi connectivity index (χ1) is 6.24. The Bertz CT molecular complexity index is 258. The molecule has 1 aromatic heterocycles. The first kappa shape index (κ1) is 9.73. The summed E-state index contributed by atoms with van der Waals surface area (Å²) in [6.07, 6.45) is 4.22. The van der Waals surface area contributed by atoms with Gasteiger partial charge in [-0.05, 0) is 6.42 Å². The van der Waals surface area contributed by atoms with E-state index in [1.165, 1.54) is 12.6 Å². The maximum atomic E-state index is 11.3. The van der Waals surface area contributed by atoms with Crippen molar-refractivity contribution in [2.24, 2.45) is 5.73 Å². The molecule has 1 amide bonds. The number of oxazole rings is 1. The van der Waals surface area contributed by atoms with E-state index >= 15 is 0 Å². The average molecular weight is 183 g/mol. The molecule has 13 heavy (non-hydrogen) atoms. The Morgan fingerprint density at radius 2 is 2.62 bits per heavy atom. The summed E-state index contributed by atoms with van der Waals surface area (Å²) in [4.78, 5) is 14.9. The molecule has 0 spiro atoms. The number of aromatic nitrogens is 1. The topological polar surface area (TPSA) is 81.2 Å². The number of hydrogen-bond donors (Lipinski definition) is 2. The van der Waals surface area contributed by atoms with Crippen molar-refractivity contribution in [2.45, 2.75) is 25.8 Å². The van der Waals surface area contributed by atoms with E-state index in [9.17, 15) is 4.79 Å². The predicted octanol–water partition coefficient (Wildman–Crippen LogP) is 0.740. The van der Waals surface area contributed by atoms with E-state index in [0.29, 0.717) is 12.3 Å². The molecule has 0 fully saturated rings. The predicted molar refractivity (Wildman–Crippen MR) is 48.0 cm³/mol. The van der Waals surface area contributed by atoms with Crippen molar-refractivity contribution in [1.29, 1.82) is 0 Å². The Morgan fingerprint density at radius 1 is 1.85 bits per heavy atom. The van der Waals surface area contributed by atoms with Crippen molar-refractivity contribution in [3.63, 3.8) is 0 Å². The minimum Gasteiger partial charge on any atom is -0.428 e. The summed E-state index contributed by atoms with van der Waals surface area (Å²) >= 11 is 0. The van der Waals surface area contributed by atoms with Gasteiger partial charge in [-0.2, -0.15) is 0 Å². The van der Waals surface area contributed by atoms with E-state index in [2.05, 4.69) is 10.3 Å². The normalized spacial score (nSPS) is 12.5. The summed E-state index contributed by atoms with van der Waals surface area (Å²) in [5.74, 6) is 0.0927. The molecule has 0 aliphatic rings. The van der Waals surface area contributed by atoms with Crippen LogP contribution in [0.5, 0.6) is 0 Å². The van der Waals surface area contributed by atoms with Crippen LogP contribution in [0, 0.1) is 0 Å². The van der Waals surface area contributed by atoms with Gasteiger partial charge in [-0.15, -0.1) is 0 Å². The summed E-state index contributed by atoms with van der Waals surface area (Å²) in [6, 6.07) is -0.477. The number of rotatable bonds is 4. The molecule has 1 rings (SSSR count). The highest BCUT2D eigenvalue weighted by molar-refractivity contribution is 5.93. The molecule has 0 bridgehead atoms. The van der Waals surface area contributed by atoms with Gasteiger partial charge in [-0.3, -0.25) is 10.1 Å². The number of carbonyl (C=O) groups excluding carboxylic acids is 1. The number of hydrogen-bond acceptors (Lipinski definition) is 4. The van der Waals surface area contributed by atoms with Crippen LogP contribution in [-0.4, -0.2) is 16.9 Å². The second-order valence-corrected chi connectivity index (χ2v) is 2.75. The lowest BCUT2D eigenvalue weighted by atomic mass is 10.2. The summed E-state index contributed by atoms with van der Waals surface area (Å²) < 4.78 is 4.83. The molecule has 1 unspecified atom stereocenters. The summed E-state index contributed by atoms with van der Waals surface area (Å²) in [7, 11) is 0. The number of nitrogens with two attached hydrogens (primary N) is 1. The van der Waals surface area contributed by atoms with Gasteiger partial charge in [-0.25, -0.2) is 4.98 Å². The van der Waals surface area contributed by atoms with Crippen LogP contribution in [0.2, 0.25) is 0 Å². The largest absolute Gasteiger partial charge is 0.428 e. The highest BCUT2D eigenvalue weighted by atomic mass is 16.4. The standard InChI is InChI=1S/C8H13N3O2/c1-2-3-6(9)8(12)11-7-4-10-5-13-7/h4-6H,2-3,9H2,1H3,(H,11,12). The van der Waals surface area contributed by atoms with E-state index in [1.54, 1.807) is 0 Å². The number of amides is 1. The number of carbonyl (C=O) groups is 1. The summed E-state index contributed by atoms with van der Waals surface area (Å²) in [5, 5.41) is 2.51. The number of nitrogens with zero attached hydrogens (tertiary/aromatic N) is 1. The van der Waals surface area contributed by atoms with Crippen molar-refractivity contribution in [2.75, 3.05) is 5.32 Å². The van der Waals surface area contributed by atoms with E-state index < -0.39 is 6.04 Å². The van der Waals surface area contributed by atoms with Gasteiger partial charge in [0.2, 0.25) is 11.8 Å². The third-order valence-corrected chi connectivity index (χ3v) is 1.62. The molecule has 0 saturated heterocycles. The Morgan fingerprint density at radius 3 is 3.15 bits per heavy atom. The lowest BCUT2D eigenvalue weighted by Gasteiger charge is -2.08. The highest BCUT2D eigenvalue weighted by Crippen LogP contribution is 2.04. The zero-order chi connectivity index (χ0) is 9.68. The molecule has 0 radical (unpaired) electrons. The zero-order valence-electron chi connectivity index (χ0n) is 7.49. The fraction of sp³-hybridized carbons (Fsp3) is 0.500.